The Hall–Kier alpha value is -3.27. The van der Waals surface area contributed by atoms with E-state index in [0.717, 1.165) is 5.01 Å². The van der Waals surface area contributed by atoms with Crippen LogP contribution in [-0.4, -0.2) is 27.3 Å². The van der Waals surface area contributed by atoms with Crippen LogP contribution in [0.4, 0.5) is 0 Å². The zero-order chi connectivity index (χ0) is 14.0. The van der Waals surface area contributed by atoms with Crippen LogP contribution in [0.1, 0.15) is 0 Å². The van der Waals surface area contributed by atoms with Gasteiger partial charge in [0.15, 0.2) is 10.1 Å². The second-order valence-corrected chi connectivity index (χ2v) is 3.01. The molecular formula is C4H8N12O4. The van der Waals surface area contributed by atoms with E-state index in [4.69, 9.17) is 5.73 Å². The average Bonchev–Trinajstić information content (AvgIpc) is 2.86. The monoisotopic (exact) mass is 288 g/mol. The van der Waals surface area contributed by atoms with Gasteiger partial charge in [0, 0.05) is 0 Å². The van der Waals surface area contributed by atoms with Crippen molar-refractivity contribution in [3.05, 3.63) is 31.9 Å². The number of guanidine groups is 1. The molecule has 0 aromatic carbocycles. The highest BCUT2D eigenvalue weighted by Gasteiger charge is 2.31. The summed E-state index contributed by atoms with van der Waals surface area (Å²) in [5.41, 5.74) is 8.82. The molecule has 0 amide bonds. The SMILES string of the molecule is N.NC1N=NC(=C2N=NC(N[N+](=O)[O-])=N2)N1N[N+](=O)[O-]. The summed E-state index contributed by atoms with van der Waals surface area (Å²) in [5, 5.41) is 33.3. The molecule has 2 heterocycles. The van der Waals surface area contributed by atoms with Crippen molar-refractivity contribution in [2.45, 2.75) is 6.29 Å². The predicted molar refractivity (Wildman–Crippen MR) is 59.3 cm³/mol. The maximum Gasteiger partial charge on any atom is 0.305 e. The minimum absolute atomic E-state index is 0. The summed E-state index contributed by atoms with van der Waals surface area (Å²) in [4.78, 5) is 24.1. The van der Waals surface area contributed by atoms with Crippen LogP contribution >= 0.6 is 0 Å². The number of azo groups is 2. The molecule has 0 fully saturated rings. The molecule has 1 atom stereocenters. The van der Waals surface area contributed by atoms with Crippen LogP contribution in [0.3, 0.4) is 0 Å². The molecule has 20 heavy (non-hydrogen) atoms. The van der Waals surface area contributed by atoms with Crippen molar-refractivity contribution >= 4 is 5.96 Å². The molecule has 0 radical (unpaired) electrons. The van der Waals surface area contributed by atoms with Crippen LogP contribution in [0.2, 0.25) is 0 Å². The van der Waals surface area contributed by atoms with Gasteiger partial charge in [0.1, 0.15) is 0 Å². The topological polar surface area (TPSA) is 236 Å². The summed E-state index contributed by atoms with van der Waals surface area (Å²) in [6.45, 7) is 0. The normalized spacial score (nSPS) is 23.4. The number of nitrogens with one attached hydrogen (secondary N) is 2. The van der Waals surface area contributed by atoms with Gasteiger partial charge in [-0.25, -0.2) is 20.2 Å². The zero-order valence-corrected chi connectivity index (χ0v) is 9.57. The number of hydrazine groups is 3. The molecule has 7 N–H and O–H groups in total. The first-order valence-corrected chi connectivity index (χ1v) is 4.49. The second-order valence-electron chi connectivity index (χ2n) is 3.01. The summed E-state index contributed by atoms with van der Waals surface area (Å²) >= 11 is 0. The molecule has 108 valence electrons. The standard InChI is InChI=1S/C4H5N11O4.H3N/c5-3-9-8-2(13(3)12-15(18)19)1-6-4(10-7-1)11-14(16)17;/h3,12H,5H2,(H,6,11);1H3. The van der Waals surface area contributed by atoms with E-state index in [1.165, 1.54) is 0 Å². The summed E-state index contributed by atoms with van der Waals surface area (Å²) in [6.07, 6.45) is -1.15. The molecular weight excluding hydrogens is 280 g/mol. The second kappa shape index (κ2) is 5.58. The first-order chi connectivity index (χ1) is 8.97. The number of aliphatic imine (C=N–C) groups is 1. The third-order valence-electron chi connectivity index (χ3n) is 1.80. The first kappa shape index (κ1) is 14.8. The highest BCUT2D eigenvalue weighted by molar-refractivity contribution is 5.81. The fourth-order valence-corrected chi connectivity index (χ4v) is 1.15. The van der Waals surface area contributed by atoms with E-state index in [9.17, 15) is 20.2 Å². The number of hydrogen-bond acceptors (Lipinski definition) is 12. The summed E-state index contributed by atoms with van der Waals surface area (Å²) in [6, 6.07) is 0. The van der Waals surface area contributed by atoms with Gasteiger partial charge in [-0.1, -0.05) is 5.43 Å². The maximum atomic E-state index is 10.4. The Labute approximate surface area is 108 Å². The van der Waals surface area contributed by atoms with Gasteiger partial charge in [0.2, 0.25) is 17.9 Å². The zero-order valence-electron chi connectivity index (χ0n) is 9.57. The van der Waals surface area contributed by atoms with Crippen molar-refractivity contribution in [2.24, 2.45) is 31.2 Å². The van der Waals surface area contributed by atoms with Gasteiger partial charge in [-0.3, -0.25) is 5.73 Å². The highest BCUT2D eigenvalue weighted by atomic mass is 16.7. The van der Waals surface area contributed by atoms with E-state index in [2.05, 4.69) is 25.4 Å². The van der Waals surface area contributed by atoms with Crippen molar-refractivity contribution in [1.29, 1.82) is 0 Å². The van der Waals surface area contributed by atoms with E-state index in [0.29, 0.717) is 0 Å². The highest BCUT2D eigenvalue weighted by Crippen LogP contribution is 2.23. The average molecular weight is 288 g/mol. The van der Waals surface area contributed by atoms with Gasteiger partial charge in [-0.15, -0.1) is 20.5 Å². The summed E-state index contributed by atoms with van der Waals surface area (Å²) in [7, 11) is 0. The molecule has 0 saturated carbocycles. The molecule has 16 heteroatoms. The van der Waals surface area contributed by atoms with Crippen molar-refractivity contribution in [3.63, 3.8) is 0 Å². The Morgan fingerprint density at radius 3 is 2.50 bits per heavy atom. The lowest BCUT2D eigenvalue weighted by molar-refractivity contribution is -0.577. The number of rotatable bonds is 3. The number of hydrogen-bond donors (Lipinski definition) is 4. The molecule has 2 aliphatic heterocycles. The van der Waals surface area contributed by atoms with Gasteiger partial charge in [-0.2, -0.15) is 10.0 Å². The molecule has 1 unspecified atom stereocenters. The molecule has 0 aliphatic carbocycles. The quantitative estimate of drug-likeness (QED) is 0.351. The van der Waals surface area contributed by atoms with Gasteiger partial charge in [-0.05, 0) is 5.53 Å². The predicted octanol–water partition coefficient (Wildman–Crippen LogP) is -1.42. The van der Waals surface area contributed by atoms with E-state index < -0.39 is 22.3 Å². The van der Waals surface area contributed by atoms with Crippen LogP contribution in [0.5, 0.6) is 0 Å². The van der Waals surface area contributed by atoms with Crippen molar-refractivity contribution < 1.29 is 10.1 Å². The number of nitro groups is 2. The summed E-state index contributed by atoms with van der Waals surface area (Å²) in [5.74, 6) is -0.798. The van der Waals surface area contributed by atoms with Gasteiger partial charge >= 0.3 is 5.96 Å². The van der Waals surface area contributed by atoms with Crippen molar-refractivity contribution in [2.75, 3.05) is 0 Å². The first-order valence-electron chi connectivity index (χ1n) is 4.49. The molecule has 0 bridgehead atoms. The lowest BCUT2D eigenvalue weighted by Gasteiger charge is -2.15. The molecule has 16 nitrogen and oxygen atoms in total. The Kier molecular flexibility index (Phi) is 4.13. The van der Waals surface area contributed by atoms with Crippen LogP contribution < -0.4 is 22.8 Å². The molecule has 2 aliphatic rings. The molecule has 0 spiro atoms. The smallest absolute Gasteiger partial charge is 0.305 e. The minimum Gasteiger partial charge on any atom is -0.344 e. The van der Waals surface area contributed by atoms with Crippen LogP contribution in [0.15, 0.2) is 37.1 Å². The number of nitrogens with two attached hydrogens (primary N) is 1. The van der Waals surface area contributed by atoms with E-state index in [1.54, 1.807) is 11.0 Å². The molecule has 0 saturated heterocycles. The van der Waals surface area contributed by atoms with E-state index >= 15 is 0 Å². The van der Waals surface area contributed by atoms with Crippen LogP contribution in [0.25, 0.3) is 0 Å². The Balaban J connectivity index is 0.00000200. The fraction of sp³-hybridized carbons (Fsp3) is 0.250. The van der Waals surface area contributed by atoms with E-state index in [-0.39, 0.29) is 17.8 Å². The Morgan fingerprint density at radius 1 is 1.20 bits per heavy atom. The number of nitrogens with zero attached hydrogens (tertiary/aromatic N) is 8. The van der Waals surface area contributed by atoms with Crippen LogP contribution in [-0.2, 0) is 0 Å². The van der Waals surface area contributed by atoms with Crippen molar-refractivity contribution in [3.8, 4) is 0 Å². The Morgan fingerprint density at radius 2 is 1.90 bits per heavy atom. The largest absolute Gasteiger partial charge is 0.344 e. The van der Waals surface area contributed by atoms with Crippen molar-refractivity contribution in [1.82, 2.24) is 22.1 Å². The Bertz CT molecular complexity index is 548. The third kappa shape index (κ3) is 2.94. The third-order valence-corrected chi connectivity index (χ3v) is 1.80. The molecule has 0 aromatic rings. The lowest BCUT2D eigenvalue weighted by atomic mass is 10.6. The fourth-order valence-electron chi connectivity index (χ4n) is 1.15. The lowest BCUT2D eigenvalue weighted by Crippen LogP contribution is -2.48. The maximum absolute atomic E-state index is 10.4. The van der Waals surface area contributed by atoms with Gasteiger partial charge < -0.3 is 6.15 Å². The summed E-state index contributed by atoms with van der Waals surface area (Å²) < 4.78 is 0. The van der Waals surface area contributed by atoms with Gasteiger partial charge in [0.25, 0.3) is 0 Å². The minimum atomic E-state index is -1.15. The van der Waals surface area contributed by atoms with Gasteiger partial charge in [0.05, 0.1) is 0 Å². The molecule has 0 aromatic heterocycles. The van der Waals surface area contributed by atoms with Crippen LogP contribution in [0, 0.1) is 20.2 Å². The van der Waals surface area contributed by atoms with E-state index in [1.807, 2.05) is 0 Å². The molecule has 2 rings (SSSR count).